The summed E-state index contributed by atoms with van der Waals surface area (Å²) in [7, 11) is 2.16. The Morgan fingerprint density at radius 3 is 2.74 bits per heavy atom. The van der Waals surface area contributed by atoms with E-state index in [0.717, 1.165) is 60.7 Å². The van der Waals surface area contributed by atoms with Crippen molar-refractivity contribution in [2.24, 2.45) is 4.99 Å². The van der Waals surface area contributed by atoms with Gasteiger partial charge in [0.15, 0.2) is 5.84 Å². The molecule has 1 fully saturated rings. The van der Waals surface area contributed by atoms with Crippen molar-refractivity contribution < 1.29 is 4.74 Å². The monoisotopic (exact) mass is 462 g/mol. The third-order valence-corrected chi connectivity index (χ3v) is 6.09. The second kappa shape index (κ2) is 10.6. The molecule has 0 aliphatic carbocycles. The Hall–Kier alpha value is -3.46. The second-order valence-corrected chi connectivity index (χ2v) is 9.08. The first kappa shape index (κ1) is 23.7. The average Bonchev–Trinajstić information content (AvgIpc) is 3.16. The lowest BCUT2D eigenvalue weighted by atomic mass is 10.0. The van der Waals surface area contributed by atoms with Gasteiger partial charge in [0.2, 0.25) is 0 Å². The number of ether oxygens (including phenoxy) is 1. The van der Waals surface area contributed by atoms with E-state index in [0.29, 0.717) is 30.7 Å². The van der Waals surface area contributed by atoms with Crippen molar-refractivity contribution in [3.05, 3.63) is 41.7 Å². The van der Waals surface area contributed by atoms with Crippen LogP contribution in [0.2, 0.25) is 0 Å². The van der Waals surface area contributed by atoms with Crippen molar-refractivity contribution in [3.8, 4) is 17.1 Å². The Labute approximate surface area is 201 Å². The maximum Gasteiger partial charge on any atom is 0.155 e. The van der Waals surface area contributed by atoms with Crippen LogP contribution in [-0.4, -0.2) is 71.7 Å². The lowest BCUT2D eigenvalue weighted by molar-refractivity contribution is 0.245. The number of hydrogen-bond acceptors (Lipinski definition) is 6. The van der Waals surface area contributed by atoms with Crippen LogP contribution in [0.1, 0.15) is 37.9 Å². The van der Waals surface area contributed by atoms with E-state index in [2.05, 4.69) is 38.2 Å². The van der Waals surface area contributed by atoms with Gasteiger partial charge in [0.25, 0.3) is 0 Å². The summed E-state index contributed by atoms with van der Waals surface area (Å²) in [5.41, 5.74) is 3.55. The average molecular weight is 463 g/mol. The van der Waals surface area contributed by atoms with Gasteiger partial charge in [-0.25, -0.2) is 9.98 Å². The third-order valence-electron chi connectivity index (χ3n) is 6.09. The fourth-order valence-corrected chi connectivity index (χ4v) is 4.36. The maximum atomic E-state index is 7.65. The van der Waals surface area contributed by atoms with Crippen LogP contribution < -0.4 is 15.4 Å². The number of hydrogen-bond donors (Lipinski definition) is 4. The van der Waals surface area contributed by atoms with Crippen molar-refractivity contribution >= 4 is 24.1 Å². The van der Waals surface area contributed by atoms with Crippen LogP contribution in [0.5, 0.6) is 5.75 Å². The van der Waals surface area contributed by atoms with Crippen molar-refractivity contribution in [1.29, 1.82) is 10.8 Å². The second-order valence-electron chi connectivity index (χ2n) is 9.08. The van der Waals surface area contributed by atoms with Gasteiger partial charge in [-0.2, -0.15) is 0 Å². The molecule has 0 amide bonds. The van der Waals surface area contributed by atoms with Gasteiger partial charge in [0.05, 0.1) is 12.1 Å². The highest BCUT2D eigenvalue weighted by Gasteiger charge is 2.22. The number of nitrogens with one attached hydrogen (secondary N) is 4. The zero-order valence-corrected chi connectivity index (χ0v) is 20.1. The summed E-state index contributed by atoms with van der Waals surface area (Å²) in [5.74, 6) is 2.18. The number of aliphatic imine (C=N–C) groups is 1. The molecule has 1 aromatic heterocycles. The number of imidazole rings is 1. The first-order valence-corrected chi connectivity index (χ1v) is 11.8. The van der Waals surface area contributed by atoms with Crippen molar-refractivity contribution in [2.75, 3.05) is 26.7 Å². The van der Waals surface area contributed by atoms with Crippen LogP contribution in [0.4, 0.5) is 0 Å². The minimum atomic E-state index is 0.175. The predicted octanol–water partition coefficient (Wildman–Crippen LogP) is 2.97. The van der Waals surface area contributed by atoms with E-state index in [9.17, 15) is 0 Å². The SMILES string of the molecule is CC(C)N/C(=N\C=N)c1cn2c(n1)-c1ccc(/C(=C/C=N)NC3CCN(C)CC3)cc1OCC2. The highest BCUT2D eigenvalue weighted by atomic mass is 16.5. The van der Waals surface area contributed by atoms with Crippen LogP contribution in [-0.2, 0) is 6.54 Å². The van der Waals surface area contributed by atoms with Crippen LogP contribution in [0.25, 0.3) is 17.1 Å². The van der Waals surface area contributed by atoms with Crippen molar-refractivity contribution in [1.82, 2.24) is 25.1 Å². The largest absolute Gasteiger partial charge is 0.491 e. The van der Waals surface area contributed by atoms with Crippen LogP contribution in [0.15, 0.2) is 35.5 Å². The molecule has 9 heteroatoms. The Morgan fingerprint density at radius 1 is 1.24 bits per heavy atom. The number of amidine groups is 1. The van der Waals surface area contributed by atoms with Crippen LogP contribution in [0.3, 0.4) is 0 Å². The molecular weight excluding hydrogens is 428 g/mol. The third kappa shape index (κ3) is 5.36. The molecule has 0 spiro atoms. The minimum absolute atomic E-state index is 0.175. The molecule has 2 aromatic rings. The molecule has 0 radical (unpaired) electrons. The van der Waals surface area contributed by atoms with E-state index in [1.54, 1.807) is 0 Å². The normalized spacial score (nSPS) is 17.4. The Kier molecular flexibility index (Phi) is 7.42. The lowest BCUT2D eigenvalue weighted by Gasteiger charge is -2.31. The van der Waals surface area contributed by atoms with Gasteiger partial charge in [-0.1, -0.05) is 6.07 Å². The summed E-state index contributed by atoms with van der Waals surface area (Å²) in [6.45, 7) is 7.41. The topological polar surface area (TPSA) is 114 Å². The fourth-order valence-electron chi connectivity index (χ4n) is 4.36. The van der Waals surface area contributed by atoms with E-state index in [1.807, 2.05) is 38.3 Å². The molecule has 34 heavy (non-hydrogen) atoms. The Bertz CT molecular complexity index is 1090. The fraction of sp³-hybridized carbons (Fsp3) is 0.440. The highest BCUT2D eigenvalue weighted by molar-refractivity contribution is 6.01. The molecule has 4 N–H and O–H groups in total. The molecule has 1 aromatic carbocycles. The molecule has 0 unspecified atom stereocenters. The van der Waals surface area contributed by atoms with E-state index in [4.69, 9.17) is 20.5 Å². The summed E-state index contributed by atoms with van der Waals surface area (Å²) in [5, 5.41) is 22.0. The van der Waals surface area contributed by atoms with Gasteiger partial charge in [0, 0.05) is 35.8 Å². The summed E-state index contributed by atoms with van der Waals surface area (Å²) in [4.78, 5) is 11.4. The number of aromatic nitrogens is 2. The van der Waals surface area contributed by atoms with E-state index < -0.39 is 0 Å². The molecule has 2 aliphatic rings. The highest BCUT2D eigenvalue weighted by Crippen LogP contribution is 2.34. The number of rotatable bonds is 7. The van der Waals surface area contributed by atoms with Gasteiger partial charge in [0.1, 0.15) is 30.2 Å². The quantitative estimate of drug-likeness (QED) is 0.373. The first-order chi connectivity index (χ1) is 16.5. The molecule has 0 atom stereocenters. The summed E-state index contributed by atoms with van der Waals surface area (Å²) in [6.07, 6.45) is 8.30. The number of piperidine rings is 1. The number of benzene rings is 1. The molecule has 0 bridgehead atoms. The van der Waals surface area contributed by atoms with E-state index in [-0.39, 0.29) is 6.04 Å². The van der Waals surface area contributed by atoms with Crippen LogP contribution >= 0.6 is 0 Å². The molecule has 9 nitrogen and oxygen atoms in total. The Balaban J connectivity index is 1.64. The van der Waals surface area contributed by atoms with Crippen LogP contribution in [0, 0.1) is 10.8 Å². The number of likely N-dealkylation sites (tertiary alicyclic amines) is 1. The summed E-state index contributed by atoms with van der Waals surface area (Å²) >= 11 is 0. The standard InChI is InChI=1S/C25H34N8O/c1-17(2)29-24(28-16-27)22-15-33-12-13-34-23-14-18(4-5-20(23)25(33)31-22)21(6-9-26)30-19-7-10-32(3)11-8-19/h4-6,9,14-17,19,26,30H,7-8,10-13H2,1-3H3,(H2,27,28,29)/b21-6-,26-9?. The molecule has 2 aliphatic heterocycles. The number of fused-ring (bicyclic) bond motifs is 3. The van der Waals surface area contributed by atoms with E-state index in [1.165, 1.54) is 6.21 Å². The molecule has 1 saturated heterocycles. The first-order valence-electron chi connectivity index (χ1n) is 11.8. The summed E-state index contributed by atoms with van der Waals surface area (Å²) < 4.78 is 8.19. The van der Waals surface area contributed by atoms with Gasteiger partial charge < -0.3 is 30.2 Å². The van der Waals surface area contributed by atoms with Crippen molar-refractivity contribution in [2.45, 2.75) is 45.3 Å². The predicted molar refractivity (Wildman–Crippen MR) is 137 cm³/mol. The van der Waals surface area contributed by atoms with E-state index >= 15 is 0 Å². The lowest BCUT2D eigenvalue weighted by Crippen LogP contribution is -2.40. The van der Waals surface area contributed by atoms with Gasteiger partial charge in [-0.15, -0.1) is 0 Å². The van der Waals surface area contributed by atoms with Gasteiger partial charge in [-0.3, -0.25) is 5.41 Å². The number of nitrogens with zero attached hydrogens (tertiary/aromatic N) is 4. The number of allylic oxidation sites excluding steroid dienone is 1. The Morgan fingerprint density at radius 2 is 2.03 bits per heavy atom. The summed E-state index contributed by atoms with van der Waals surface area (Å²) in [6, 6.07) is 6.70. The molecule has 0 saturated carbocycles. The molecular formula is C25H34N8O. The molecule has 4 rings (SSSR count). The minimum Gasteiger partial charge on any atom is -0.491 e. The molecule has 180 valence electrons. The van der Waals surface area contributed by atoms with Crippen molar-refractivity contribution in [3.63, 3.8) is 0 Å². The maximum absolute atomic E-state index is 7.65. The molecule has 3 heterocycles. The van der Waals surface area contributed by atoms with Gasteiger partial charge >= 0.3 is 0 Å². The zero-order chi connectivity index (χ0) is 24.1. The smallest absolute Gasteiger partial charge is 0.155 e. The zero-order valence-electron chi connectivity index (χ0n) is 20.1. The van der Waals surface area contributed by atoms with Gasteiger partial charge in [-0.05, 0) is 65.0 Å².